The lowest BCUT2D eigenvalue weighted by Crippen LogP contribution is -2.09. The summed E-state index contributed by atoms with van der Waals surface area (Å²) in [4.78, 5) is 8.29. The summed E-state index contributed by atoms with van der Waals surface area (Å²) in [5.41, 5.74) is 1.67. The van der Waals surface area contributed by atoms with Crippen LogP contribution in [0.15, 0.2) is 36.8 Å². The molecule has 2 rings (SSSR count). The third-order valence-electron chi connectivity index (χ3n) is 2.57. The van der Waals surface area contributed by atoms with Crippen molar-refractivity contribution in [3.05, 3.63) is 47.5 Å². The lowest BCUT2D eigenvalue weighted by atomic mass is 10.2. The molecule has 5 heteroatoms. The maximum absolute atomic E-state index is 6.13. The van der Waals surface area contributed by atoms with E-state index in [1.165, 1.54) is 0 Å². The molecule has 0 aliphatic heterocycles. The van der Waals surface area contributed by atoms with Gasteiger partial charge in [-0.1, -0.05) is 11.6 Å². The molecule has 0 bridgehead atoms. The predicted molar refractivity (Wildman–Crippen MR) is 72.1 cm³/mol. The maximum atomic E-state index is 6.13. The van der Waals surface area contributed by atoms with Crippen LogP contribution >= 0.6 is 11.6 Å². The number of anilines is 1. The van der Waals surface area contributed by atoms with Crippen molar-refractivity contribution in [3.8, 4) is 5.75 Å². The van der Waals surface area contributed by atoms with Crippen LogP contribution in [0.5, 0.6) is 5.75 Å². The molecular weight excluding hydrogens is 250 g/mol. The van der Waals surface area contributed by atoms with Crippen LogP contribution in [0.4, 0.5) is 5.69 Å². The van der Waals surface area contributed by atoms with E-state index < -0.39 is 0 Å². The van der Waals surface area contributed by atoms with Crippen molar-refractivity contribution >= 4 is 17.3 Å². The van der Waals surface area contributed by atoms with Gasteiger partial charge in [0, 0.05) is 18.5 Å². The molecule has 1 unspecified atom stereocenters. The molecule has 0 aliphatic rings. The number of halogens is 1. The van der Waals surface area contributed by atoms with Crippen LogP contribution in [-0.4, -0.2) is 17.1 Å². The normalized spacial score (nSPS) is 11.9. The molecular formula is C13H14ClN3O. The summed E-state index contributed by atoms with van der Waals surface area (Å²) in [6.45, 7) is 2.00. The van der Waals surface area contributed by atoms with Crippen molar-refractivity contribution in [1.82, 2.24) is 9.97 Å². The third-order valence-corrected chi connectivity index (χ3v) is 2.90. The molecule has 0 radical (unpaired) electrons. The first-order chi connectivity index (χ1) is 8.70. The van der Waals surface area contributed by atoms with Crippen LogP contribution in [-0.2, 0) is 0 Å². The number of hydrogen-bond donors (Lipinski definition) is 1. The number of ether oxygens (including phenoxy) is 1. The molecule has 1 N–H and O–H groups in total. The van der Waals surface area contributed by atoms with Gasteiger partial charge in [0.05, 0.1) is 35.8 Å². The summed E-state index contributed by atoms with van der Waals surface area (Å²) in [5.74, 6) is 0.758. The zero-order valence-corrected chi connectivity index (χ0v) is 11.0. The predicted octanol–water partition coefficient (Wildman–Crippen LogP) is 3.31. The Labute approximate surface area is 111 Å². The Kier molecular flexibility index (Phi) is 3.99. The number of nitrogens with one attached hydrogen (secondary N) is 1. The number of rotatable bonds is 4. The standard InChI is InChI=1S/C13H14ClN3O/c1-9(13-8-15-5-6-16-13)17-12-7-10(18-2)3-4-11(12)14/h3-9,17H,1-2H3. The van der Waals surface area contributed by atoms with Gasteiger partial charge >= 0.3 is 0 Å². The Balaban J connectivity index is 2.18. The van der Waals surface area contributed by atoms with E-state index >= 15 is 0 Å². The van der Waals surface area contributed by atoms with E-state index in [-0.39, 0.29) is 6.04 Å². The van der Waals surface area contributed by atoms with Crippen LogP contribution in [0.2, 0.25) is 5.02 Å². The summed E-state index contributed by atoms with van der Waals surface area (Å²) in [6, 6.07) is 5.49. The van der Waals surface area contributed by atoms with Crippen LogP contribution in [0, 0.1) is 0 Å². The highest BCUT2D eigenvalue weighted by molar-refractivity contribution is 6.33. The van der Waals surface area contributed by atoms with Gasteiger partial charge in [0.25, 0.3) is 0 Å². The molecule has 0 fully saturated rings. The average molecular weight is 264 g/mol. The Hall–Kier alpha value is -1.81. The lowest BCUT2D eigenvalue weighted by Gasteiger charge is -2.16. The van der Waals surface area contributed by atoms with Crippen LogP contribution in [0.1, 0.15) is 18.7 Å². The summed E-state index contributed by atoms with van der Waals surface area (Å²) >= 11 is 6.13. The largest absolute Gasteiger partial charge is 0.497 e. The molecule has 1 aromatic heterocycles. The van der Waals surface area contributed by atoms with E-state index in [1.54, 1.807) is 31.8 Å². The lowest BCUT2D eigenvalue weighted by molar-refractivity contribution is 0.415. The minimum absolute atomic E-state index is 0.0170. The topological polar surface area (TPSA) is 47.0 Å². The van der Waals surface area contributed by atoms with E-state index in [9.17, 15) is 0 Å². The smallest absolute Gasteiger partial charge is 0.121 e. The number of aromatic nitrogens is 2. The third kappa shape index (κ3) is 2.90. The maximum Gasteiger partial charge on any atom is 0.121 e. The van der Waals surface area contributed by atoms with E-state index in [4.69, 9.17) is 16.3 Å². The summed E-state index contributed by atoms with van der Waals surface area (Å²) in [6.07, 6.45) is 5.04. The summed E-state index contributed by atoms with van der Waals surface area (Å²) in [5, 5.41) is 3.93. The zero-order chi connectivity index (χ0) is 13.0. The molecule has 18 heavy (non-hydrogen) atoms. The minimum Gasteiger partial charge on any atom is -0.497 e. The molecule has 0 saturated carbocycles. The van der Waals surface area contributed by atoms with E-state index in [0.29, 0.717) is 5.02 Å². The van der Waals surface area contributed by atoms with Gasteiger partial charge in [0.2, 0.25) is 0 Å². The van der Waals surface area contributed by atoms with E-state index in [0.717, 1.165) is 17.1 Å². The average Bonchev–Trinajstić information content (AvgIpc) is 2.42. The number of methoxy groups -OCH3 is 1. The number of nitrogens with zero attached hydrogens (tertiary/aromatic N) is 2. The summed E-state index contributed by atoms with van der Waals surface area (Å²) < 4.78 is 5.17. The second-order valence-corrected chi connectivity index (χ2v) is 4.25. The first-order valence-corrected chi connectivity index (χ1v) is 5.94. The fourth-order valence-corrected chi connectivity index (χ4v) is 1.76. The monoisotopic (exact) mass is 263 g/mol. The van der Waals surface area contributed by atoms with E-state index in [1.807, 2.05) is 19.1 Å². The Bertz CT molecular complexity index is 519. The Morgan fingerprint density at radius 2 is 2.17 bits per heavy atom. The highest BCUT2D eigenvalue weighted by atomic mass is 35.5. The molecule has 1 aromatic carbocycles. The highest BCUT2D eigenvalue weighted by Crippen LogP contribution is 2.29. The van der Waals surface area contributed by atoms with Crippen LogP contribution in [0.3, 0.4) is 0 Å². The Morgan fingerprint density at radius 3 is 2.83 bits per heavy atom. The van der Waals surface area contributed by atoms with Crippen molar-refractivity contribution in [2.24, 2.45) is 0 Å². The quantitative estimate of drug-likeness (QED) is 0.919. The molecule has 0 aliphatic carbocycles. The molecule has 2 aromatic rings. The molecule has 94 valence electrons. The highest BCUT2D eigenvalue weighted by Gasteiger charge is 2.09. The zero-order valence-electron chi connectivity index (χ0n) is 10.2. The fraction of sp³-hybridized carbons (Fsp3) is 0.231. The van der Waals surface area contributed by atoms with Crippen LogP contribution in [0.25, 0.3) is 0 Å². The van der Waals surface area contributed by atoms with Gasteiger partial charge in [-0.15, -0.1) is 0 Å². The van der Waals surface area contributed by atoms with Gasteiger partial charge in [0.1, 0.15) is 5.75 Å². The van der Waals surface area contributed by atoms with Crippen LogP contribution < -0.4 is 10.1 Å². The molecule has 0 spiro atoms. The summed E-state index contributed by atoms with van der Waals surface area (Å²) in [7, 11) is 1.62. The van der Waals surface area contributed by atoms with Gasteiger partial charge in [-0.05, 0) is 19.1 Å². The van der Waals surface area contributed by atoms with Crippen molar-refractivity contribution in [2.45, 2.75) is 13.0 Å². The molecule has 1 heterocycles. The first-order valence-electron chi connectivity index (χ1n) is 5.56. The molecule has 4 nitrogen and oxygen atoms in total. The van der Waals surface area contributed by atoms with Gasteiger partial charge in [0.15, 0.2) is 0 Å². The van der Waals surface area contributed by atoms with Gasteiger partial charge < -0.3 is 10.1 Å². The van der Waals surface area contributed by atoms with Crippen molar-refractivity contribution in [3.63, 3.8) is 0 Å². The molecule has 1 atom stereocenters. The number of benzene rings is 1. The van der Waals surface area contributed by atoms with Crippen molar-refractivity contribution in [2.75, 3.05) is 12.4 Å². The molecule has 0 saturated heterocycles. The fourth-order valence-electron chi connectivity index (χ4n) is 1.58. The molecule has 0 amide bonds. The van der Waals surface area contributed by atoms with E-state index in [2.05, 4.69) is 15.3 Å². The second-order valence-electron chi connectivity index (χ2n) is 3.84. The number of hydrogen-bond acceptors (Lipinski definition) is 4. The van der Waals surface area contributed by atoms with Gasteiger partial charge in [-0.3, -0.25) is 9.97 Å². The van der Waals surface area contributed by atoms with Crippen molar-refractivity contribution in [1.29, 1.82) is 0 Å². The Morgan fingerprint density at radius 1 is 1.33 bits per heavy atom. The second kappa shape index (κ2) is 5.69. The van der Waals surface area contributed by atoms with Gasteiger partial charge in [-0.2, -0.15) is 0 Å². The minimum atomic E-state index is 0.0170. The van der Waals surface area contributed by atoms with Gasteiger partial charge in [-0.25, -0.2) is 0 Å². The SMILES string of the molecule is COc1ccc(Cl)c(NC(C)c2cnccn2)c1. The first kappa shape index (κ1) is 12.6. The van der Waals surface area contributed by atoms with Crippen molar-refractivity contribution < 1.29 is 4.74 Å².